The zero-order chi connectivity index (χ0) is 9.31. The first-order valence-electron chi connectivity index (χ1n) is 4.59. The minimum absolute atomic E-state index is 0. The van der Waals surface area contributed by atoms with Gasteiger partial charge in [-0.1, -0.05) is 30.6 Å². The van der Waals surface area contributed by atoms with Crippen molar-refractivity contribution in [1.82, 2.24) is 10.2 Å². The number of anilines is 1. The van der Waals surface area contributed by atoms with E-state index in [9.17, 15) is 0 Å². The molecule has 0 radical (unpaired) electrons. The molecule has 0 aliphatic heterocycles. The molecule has 1 aliphatic rings. The molecule has 1 aromatic rings. The van der Waals surface area contributed by atoms with E-state index in [2.05, 4.69) is 10.2 Å². The first-order valence-corrected chi connectivity index (χ1v) is 5.41. The van der Waals surface area contributed by atoms with E-state index in [1.807, 2.05) is 0 Å². The average Bonchev–Trinajstić information content (AvgIpc) is 2.54. The molecule has 0 unspecified atom stereocenters. The van der Waals surface area contributed by atoms with Crippen LogP contribution in [0.2, 0.25) is 0 Å². The van der Waals surface area contributed by atoms with E-state index >= 15 is 0 Å². The van der Waals surface area contributed by atoms with Gasteiger partial charge >= 0.3 is 0 Å². The van der Waals surface area contributed by atoms with Gasteiger partial charge in [0.05, 0.1) is 5.54 Å². The standard InChI is InChI=1S/C8H14N4S.ClH/c9-7-12-11-6(13-7)8(10)4-2-1-3-5-8;/h1-5,10H2,(H2,9,12);1H. The van der Waals surface area contributed by atoms with E-state index in [0.717, 1.165) is 17.8 Å². The molecule has 1 saturated carbocycles. The van der Waals surface area contributed by atoms with Gasteiger partial charge in [0, 0.05) is 0 Å². The zero-order valence-corrected chi connectivity index (χ0v) is 9.53. The highest BCUT2D eigenvalue weighted by Gasteiger charge is 2.32. The summed E-state index contributed by atoms with van der Waals surface area (Å²) in [5.74, 6) is 0. The molecule has 14 heavy (non-hydrogen) atoms. The second-order valence-electron chi connectivity index (χ2n) is 3.66. The molecule has 1 aromatic heterocycles. The van der Waals surface area contributed by atoms with Crippen molar-refractivity contribution in [3.05, 3.63) is 5.01 Å². The van der Waals surface area contributed by atoms with E-state index in [0.29, 0.717) is 5.13 Å². The van der Waals surface area contributed by atoms with Crippen molar-refractivity contribution >= 4 is 28.9 Å². The maximum Gasteiger partial charge on any atom is 0.203 e. The second-order valence-corrected chi connectivity index (χ2v) is 4.67. The molecule has 0 saturated heterocycles. The Bertz CT molecular complexity index is 295. The van der Waals surface area contributed by atoms with Crippen LogP contribution in [0, 0.1) is 0 Å². The van der Waals surface area contributed by atoms with Gasteiger partial charge in [0.25, 0.3) is 0 Å². The maximum absolute atomic E-state index is 6.25. The Labute approximate surface area is 93.5 Å². The first kappa shape index (κ1) is 11.7. The van der Waals surface area contributed by atoms with Crippen LogP contribution in [0.15, 0.2) is 0 Å². The minimum atomic E-state index is -0.243. The third-order valence-corrected chi connectivity index (χ3v) is 3.58. The molecule has 2 rings (SSSR count). The summed E-state index contributed by atoms with van der Waals surface area (Å²) in [4.78, 5) is 0. The Morgan fingerprint density at radius 3 is 2.29 bits per heavy atom. The highest BCUT2D eigenvalue weighted by molar-refractivity contribution is 7.15. The van der Waals surface area contributed by atoms with Gasteiger partial charge in [-0.25, -0.2) is 0 Å². The minimum Gasteiger partial charge on any atom is -0.374 e. The lowest BCUT2D eigenvalue weighted by atomic mass is 9.83. The Balaban J connectivity index is 0.000000980. The molecule has 4 N–H and O–H groups in total. The number of hydrogen-bond donors (Lipinski definition) is 2. The molecule has 4 nitrogen and oxygen atoms in total. The van der Waals surface area contributed by atoms with E-state index < -0.39 is 0 Å². The van der Waals surface area contributed by atoms with Crippen LogP contribution < -0.4 is 11.5 Å². The number of rotatable bonds is 1. The monoisotopic (exact) mass is 234 g/mol. The van der Waals surface area contributed by atoms with Crippen molar-refractivity contribution in [2.45, 2.75) is 37.6 Å². The lowest BCUT2D eigenvalue weighted by Crippen LogP contribution is -2.38. The van der Waals surface area contributed by atoms with E-state index in [-0.39, 0.29) is 17.9 Å². The molecule has 0 atom stereocenters. The van der Waals surface area contributed by atoms with Crippen LogP contribution in [0.25, 0.3) is 0 Å². The third kappa shape index (κ3) is 2.16. The van der Waals surface area contributed by atoms with Crippen LogP contribution in [-0.2, 0) is 5.54 Å². The summed E-state index contributed by atoms with van der Waals surface area (Å²) < 4.78 is 0. The summed E-state index contributed by atoms with van der Waals surface area (Å²) in [5, 5.41) is 9.26. The fourth-order valence-corrected chi connectivity index (χ4v) is 2.60. The van der Waals surface area contributed by atoms with Gasteiger partial charge in [-0.2, -0.15) is 0 Å². The topological polar surface area (TPSA) is 77.8 Å². The average molecular weight is 235 g/mol. The van der Waals surface area contributed by atoms with Crippen molar-refractivity contribution in [2.75, 3.05) is 5.73 Å². The van der Waals surface area contributed by atoms with Crippen molar-refractivity contribution in [3.8, 4) is 0 Å². The molecule has 0 aromatic carbocycles. The van der Waals surface area contributed by atoms with Crippen LogP contribution >= 0.6 is 23.7 Å². The summed E-state index contributed by atoms with van der Waals surface area (Å²) in [6, 6.07) is 0. The Morgan fingerprint density at radius 2 is 1.79 bits per heavy atom. The normalized spacial score (nSPS) is 20.1. The van der Waals surface area contributed by atoms with Gasteiger partial charge in [-0.05, 0) is 12.8 Å². The predicted octanol–water partition coefficient (Wildman–Crippen LogP) is 1.66. The number of hydrogen-bond acceptors (Lipinski definition) is 5. The molecule has 1 heterocycles. The molecular formula is C8H15ClN4S. The van der Waals surface area contributed by atoms with E-state index in [4.69, 9.17) is 11.5 Å². The summed E-state index contributed by atoms with van der Waals surface area (Å²) >= 11 is 1.42. The van der Waals surface area contributed by atoms with E-state index in [1.54, 1.807) is 0 Å². The summed E-state index contributed by atoms with van der Waals surface area (Å²) in [6.07, 6.45) is 5.70. The molecule has 0 bridgehead atoms. The van der Waals surface area contributed by atoms with Crippen LogP contribution in [-0.4, -0.2) is 10.2 Å². The highest BCUT2D eigenvalue weighted by Crippen LogP contribution is 2.36. The lowest BCUT2D eigenvalue weighted by molar-refractivity contribution is 0.300. The van der Waals surface area contributed by atoms with Crippen molar-refractivity contribution in [1.29, 1.82) is 0 Å². The van der Waals surface area contributed by atoms with Crippen LogP contribution in [0.4, 0.5) is 5.13 Å². The van der Waals surface area contributed by atoms with Crippen LogP contribution in [0.3, 0.4) is 0 Å². The van der Waals surface area contributed by atoms with Crippen molar-refractivity contribution in [2.24, 2.45) is 5.73 Å². The largest absolute Gasteiger partial charge is 0.374 e. The summed E-state index contributed by atoms with van der Waals surface area (Å²) in [7, 11) is 0. The number of nitrogens with zero attached hydrogens (tertiary/aromatic N) is 2. The molecule has 0 spiro atoms. The van der Waals surface area contributed by atoms with E-state index in [1.165, 1.54) is 30.6 Å². The van der Waals surface area contributed by atoms with Gasteiger partial charge in [0.15, 0.2) is 0 Å². The predicted molar refractivity (Wildman–Crippen MR) is 60.5 cm³/mol. The van der Waals surface area contributed by atoms with Crippen LogP contribution in [0.5, 0.6) is 0 Å². The number of nitrogen functional groups attached to an aromatic ring is 1. The van der Waals surface area contributed by atoms with Gasteiger partial charge in [-0.3, -0.25) is 0 Å². The zero-order valence-electron chi connectivity index (χ0n) is 7.90. The van der Waals surface area contributed by atoms with Gasteiger partial charge in [0.2, 0.25) is 5.13 Å². The molecular weight excluding hydrogens is 220 g/mol. The summed E-state index contributed by atoms with van der Waals surface area (Å²) in [5.41, 5.74) is 11.5. The Hall–Kier alpha value is -0.390. The number of halogens is 1. The molecule has 1 aliphatic carbocycles. The number of nitrogens with two attached hydrogens (primary N) is 2. The van der Waals surface area contributed by atoms with Gasteiger partial charge < -0.3 is 11.5 Å². The summed E-state index contributed by atoms with van der Waals surface area (Å²) in [6.45, 7) is 0. The Kier molecular flexibility index (Phi) is 3.69. The van der Waals surface area contributed by atoms with Crippen molar-refractivity contribution in [3.63, 3.8) is 0 Å². The molecule has 0 amide bonds. The van der Waals surface area contributed by atoms with Crippen molar-refractivity contribution < 1.29 is 0 Å². The highest BCUT2D eigenvalue weighted by atomic mass is 35.5. The second kappa shape index (κ2) is 4.42. The lowest BCUT2D eigenvalue weighted by Gasteiger charge is -2.30. The SMILES string of the molecule is Cl.Nc1nnc(C2(N)CCCCC2)s1. The van der Waals surface area contributed by atoms with Crippen LogP contribution in [0.1, 0.15) is 37.1 Å². The maximum atomic E-state index is 6.25. The fraction of sp³-hybridized carbons (Fsp3) is 0.750. The number of aromatic nitrogens is 2. The van der Waals surface area contributed by atoms with Gasteiger partial charge in [-0.15, -0.1) is 22.6 Å². The third-order valence-electron chi connectivity index (χ3n) is 2.61. The molecule has 6 heteroatoms. The molecule has 80 valence electrons. The van der Waals surface area contributed by atoms with Gasteiger partial charge in [0.1, 0.15) is 5.01 Å². The first-order chi connectivity index (χ1) is 6.21. The fourth-order valence-electron chi connectivity index (χ4n) is 1.83. The quantitative estimate of drug-likeness (QED) is 0.775. The molecule has 1 fully saturated rings. The smallest absolute Gasteiger partial charge is 0.203 e. The Morgan fingerprint density at radius 1 is 1.14 bits per heavy atom.